The van der Waals surface area contributed by atoms with Crippen molar-refractivity contribution < 1.29 is 14.4 Å². The van der Waals surface area contributed by atoms with Gasteiger partial charge in [0.1, 0.15) is 0 Å². The monoisotopic (exact) mass is 214 g/mol. The van der Waals surface area contributed by atoms with Gasteiger partial charge in [-0.05, 0) is 12.7 Å². The van der Waals surface area contributed by atoms with Crippen LogP contribution in [0.25, 0.3) is 0 Å². The molecule has 1 fully saturated rings. The molecule has 1 N–H and O–H groups in total. The summed E-state index contributed by atoms with van der Waals surface area (Å²) in [6.07, 6.45) is 2.57. The molecule has 1 aliphatic carbocycles. The number of carboxylic acids is 1. The number of carbonyl (C=O) groups is 1. The number of carboxylic acid groups (broad SMARTS) is 1. The molecule has 0 spiro atoms. The predicted octanol–water partition coefficient (Wildman–Crippen LogP) is 1.12. The van der Waals surface area contributed by atoms with E-state index in [0.717, 1.165) is 0 Å². The number of thioether (sulfide) groups is 1. The summed E-state index contributed by atoms with van der Waals surface area (Å²) in [5.74, 6) is 0.659. The highest BCUT2D eigenvalue weighted by Gasteiger charge is 2.48. The molecule has 1 aromatic heterocycles. The SMILES string of the molecule is CSCc1noc(C2CC2C(=O)O)n1. The van der Waals surface area contributed by atoms with E-state index >= 15 is 0 Å². The summed E-state index contributed by atoms with van der Waals surface area (Å²) in [6, 6.07) is 0. The first-order valence-corrected chi connectivity index (χ1v) is 5.66. The molecule has 1 heterocycles. The van der Waals surface area contributed by atoms with Gasteiger partial charge in [0.2, 0.25) is 5.89 Å². The molecule has 0 amide bonds. The molecule has 0 saturated heterocycles. The molecule has 0 bridgehead atoms. The molecule has 6 heteroatoms. The van der Waals surface area contributed by atoms with Crippen LogP contribution in [-0.4, -0.2) is 27.5 Å². The van der Waals surface area contributed by atoms with Crippen molar-refractivity contribution in [3.63, 3.8) is 0 Å². The van der Waals surface area contributed by atoms with Crippen LogP contribution < -0.4 is 0 Å². The Morgan fingerprint density at radius 3 is 3.14 bits per heavy atom. The van der Waals surface area contributed by atoms with Gasteiger partial charge in [0, 0.05) is 0 Å². The molecular weight excluding hydrogens is 204 g/mol. The summed E-state index contributed by atoms with van der Waals surface area (Å²) in [5, 5.41) is 12.5. The lowest BCUT2D eigenvalue weighted by atomic mass is 10.3. The van der Waals surface area contributed by atoms with Crippen molar-refractivity contribution in [2.45, 2.75) is 18.1 Å². The molecule has 2 rings (SSSR count). The molecule has 76 valence electrons. The molecule has 0 aliphatic heterocycles. The Hall–Kier alpha value is -1.04. The van der Waals surface area contributed by atoms with Gasteiger partial charge in [0.25, 0.3) is 0 Å². The molecule has 5 nitrogen and oxygen atoms in total. The average molecular weight is 214 g/mol. The summed E-state index contributed by atoms with van der Waals surface area (Å²) in [4.78, 5) is 14.7. The number of rotatable bonds is 4. The smallest absolute Gasteiger partial charge is 0.307 e. The fourth-order valence-electron chi connectivity index (χ4n) is 1.35. The number of hydrogen-bond acceptors (Lipinski definition) is 5. The summed E-state index contributed by atoms with van der Waals surface area (Å²) in [7, 11) is 0. The van der Waals surface area contributed by atoms with Crippen molar-refractivity contribution >= 4 is 17.7 Å². The van der Waals surface area contributed by atoms with Gasteiger partial charge in [-0.3, -0.25) is 4.79 Å². The minimum atomic E-state index is -0.778. The number of hydrogen-bond donors (Lipinski definition) is 1. The number of aromatic nitrogens is 2. The van der Waals surface area contributed by atoms with Crippen LogP contribution in [-0.2, 0) is 10.5 Å². The van der Waals surface area contributed by atoms with E-state index in [1.165, 1.54) is 0 Å². The number of aliphatic carboxylic acids is 1. The second-order valence-electron chi connectivity index (χ2n) is 3.27. The summed E-state index contributed by atoms with van der Waals surface area (Å²) in [5.41, 5.74) is 0. The fraction of sp³-hybridized carbons (Fsp3) is 0.625. The molecule has 2 unspecified atom stereocenters. The van der Waals surface area contributed by atoms with Gasteiger partial charge >= 0.3 is 5.97 Å². The van der Waals surface area contributed by atoms with Gasteiger partial charge in [-0.25, -0.2) is 0 Å². The third kappa shape index (κ3) is 1.75. The first-order chi connectivity index (χ1) is 6.72. The van der Waals surface area contributed by atoms with Crippen LogP contribution in [0.3, 0.4) is 0 Å². The summed E-state index contributed by atoms with van der Waals surface area (Å²) >= 11 is 1.61. The van der Waals surface area contributed by atoms with Crippen LogP contribution in [0, 0.1) is 5.92 Å². The molecule has 14 heavy (non-hydrogen) atoms. The topological polar surface area (TPSA) is 76.2 Å². The third-order valence-electron chi connectivity index (χ3n) is 2.18. The molecule has 0 aromatic carbocycles. The van der Waals surface area contributed by atoms with Gasteiger partial charge in [0.05, 0.1) is 17.6 Å². The van der Waals surface area contributed by atoms with E-state index in [1.807, 2.05) is 6.26 Å². The van der Waals surface area contributed by atoms with E-state index in [4.69, 9.17) is 9.63 Å². The van der Waals surface area contributed by atoms with Crippen molar-refractivity contribution in [2.75, 3.05) is 6.26 Å². The van der Waals surface area contributed by atoms with E-state index in [9.17, 15) is 4.79 Å². The Morgan fingerprint density at radius 1 is 1.79 bits per heavy atom. The van der Waals surface area contributed by atoms with Crippen LogP contribution in [0.1, 0.15) is 24.1 Å². The van der Waals surface area contributed by atoms with Crippen LogP contribution >= 0.6 is 11.8 Å². The van der Waals surface area contributed by atoms with E-state index in [0.29, 0.717) is 23.9 Å². The van der Waals surface area contributed by atoms with Crippen molar-refractivity contribution in [3.8, 4) is 0 Å². The van der Waals surface area contributed by atoms with E-state index in [2.05, 4.69) is 10.1 Å². The first-order valence-electron chi connectivity index (χ1n) is 4.26. The Kier molecular flexibility index (Phi) is 2.45. The van der Waals surface area contributed by atoms with Gasteiger partial charge in [0.15, 0.2) is 5.82 Å². The molecular formula is C8H10N2O3S. The maximum atomic E-state index is 10.6. The van der Waals surface area contributed by atoms with Crippen molar-refractivity contribution in [3.05, 3.63) is 11.7 Å². The lowest BCUT2D eigenvalue weighted by Crippen LogP contribution is -1.99. The van der Waals surface area contributed by atoms with Gasteiger partial charge in [-0.15, -0.1) is 0 Å². The van der Waals surface area contributed by atoms with Crippen LogP contribution in [0.5, 0.6) is 0 Å². The Balaban J connectivity index is 2.01. The average Bonchev–Trinajstić information content (AvgIpc) is 2.82. The molecule has 2 atom stereocenters. The molecule has 1 saturated carbocycles. The minimum Gasteiger partial charge on any atom is -0.481 e. The molecule has 1 aliphatic rings. The van der Waals surface area contributed by atoms with Gasteiger partial charge in [-0.1, -0.05) is 5.16 Å². The van der Waals surface area contributed by atoms with Crippen LogP contribution in [0.15, 0.2) is 4.52 Å². The zero-order valence-corrected chi connectivity index (χ0v) is 8.45. The van der Waals surface area contributed by atoms with Crippen molar-refractivity contribution in [1.29, 1.82) is 0 Å². The lowest BCUT2D eigenvalue weighted by molar-refractivity contribution is -0.138. The fourth-order valence-corrected chi connectivity index (χ4v) is 1.72. The van der Waals surface area contributed by atoms with Crippen molar-refractivity contribution in [1.82, 2.24) is 10.1 Å². The van der Waals surface area contributed by atoms with E-state index in [-0.39, 0.29) is 11.8 Å². The summed E-state index contributed by atoms with van der Waals surface area (Å²) in [6.45, 7) is 0. The highest BCUT2D eigenvalue weighted by Crippen LogP contribution is 2.46. The zero-order valence-electron chi connectivity index (χ0n) is 7.64. The Labute approximate surface area is 84.9 Å². The maximum absolute atomic E-state index is 10.6. The molecule has 1 aromatic rings. The standard InChI is InChI=1S/C8H10N2O3S/c1-14-3-6-9-7(13-10-6)4-2-5(4)8(11)12/h4-5H,2-3H2,1H3,(H,11,12). The highest BCUT2D eigenvalue weighted by molar-refractivity contribution is 7.97. The van der Waals surface area contributed by atoms with Gasteiger partial charge in [-0.2, -0.15) is 16.7 Å². The Bertz CT molecular complexity index is 352. The predicted molar refractivity (Wildman–Crippen MR) is 50.0 cm³/mol. The second-order valence-corrected chi connectivity index (χ2v) is 4.13. The zero-order chi connectivity index (χ0) is 10.1. The maximum Gasteiger partial charge on any atom is 0.307 e. The minimum absolute atomic E-state index is 0.0596. The Morgan fingerprint density at radius 2 is 2.57 bits per heavy atom. The highest BCUT2D eigenvalue weighted by atomic mass is 32.2. The largest absolute Gasteiger partial charge is 0.481 e. The first kappa shape index (κ1) is 9.51. The van der Waals surface area contributed by atoms with Crippen LogP contribution in [0.4, 0.5) is 0 Å². The summed E-state index contributed by atoms with van der Waals surface area (Å²) < 4.78 is 4.98. The third-order valence-corrected chi connectivity index (χ3v) is 2.73. The van der Waals surface area contributed by atoms with Crippen molar-refractivity contribution in [2.24, 2.45) is 5.92 Å². The molecule has 0 radical (unpaired) electrons. The van der Waals surface area contributed by atoms with Crippen LogP contribution in [0.2, 0.25) is 0 Å². The van der Waals surface area contributed by atoms with Gasteiger partial charge < -0.3 is 9.63 Å². The lowest BCUT2D eigenvalue weighted by Gasteiger charge is -1.86. The normalized spacial score (nSPS) is 24.9. The van der Waals surface area contributed by atoms with E-state index in [1.54, 1.807) is 11.8 Å². The number of nitrogens with zero attached hydrogens (tertiary/aromatic N) is 2. The quantitative estimate of drug-likeness (QED) is 0.809. The second kappa shape index (κ2) is 3.61. The van der Waals surface area contributed by atoms with E-state index < -0.39 is 5.97 Å².